The van der Waals surface area contributed by atoms with Gasteiger partial charge in [0.15, 0.2) is 0 Å². The predicted octanol–water partition coefficient (Wildman–Crippen LogP) is 1.12. The number of amides is 2. The Hall–Kier alpha value is -1.55. The molecule has 5 heteroatoms. The van der Waals surface area contributed by atoms with E-state index in [1.165, 1.54) is 6.92 Å². The van der Waals surface area contributed by atoms with E-state index in [4.69, 9.17) is 11.6 Å². The number of halogens is 1. The van der Waals surface area contributed by atoms with Crippen molar-refractivity contribution in [1.82, 2.24) is 10.9 Å². The largest absolute Gasteiger partial charge is 0.274 e. The molecule has 0 unspecified atom stereocenters. The van der Waals surface area contributed by atoms with E-state index in [2.05, 4.69) is 10.9 Å². The van der Waals surface area contributed by atoms with Crippen LogP contribution in [0.3, 0.4) is 0 Å². The van der Waals surface area contributed by atoms with Crippen LogP contribution in [0.5, 0.6) is 0 Å². The molecule has 2 N–H and O–H groups in total. The number of rotatable bonds is 1. The average molecular weight is 213 g/mol. The average Bonchev–Trinajstić information content (AvgIpc) is 2.15. The Labute approximate surface area is 86.2 Å². The van der Waals surface area contributed by atoms with Crippen molar-refractivity contribution in [2.45, 2.75) is 6.92 Å². The summed E-state index contributed by atoms with van der Waals surface area (Å²) in [6.07, 6.45) is 0. The molecule has 0 aliphatic carbocycles. The second-order valence-corrected chi connectivity index (χ2v) is 3.08. The van der Waals surface area contributed by atoms with Crippen LogP contribution in [0.4, 0.5) is 0 Å². The molecule has 2 amide bonds. The van der Waals surface area contributed by atoms with Crippen molar-refractivity contribution in [2.24, 2.45) is 0 Å². The third-order valence-electron chi connectivity index (χ3n) is 1.46. The Morgan fingerprint density at radius 2 is 1.71 bits per heavy atom. The van der Waals surface area contributed by atoms with Crippen LogP contribution in [0.25, 0.3) is 0 Å². The van der Waals surface area contributed by atoms with Gasteiger partial charge >= 0.3 is 0 Å². The van der Waals surface area contributed by atoms with E-state index in [0.29, 0.717) is 10.6 Å². The predicted molar refractivity (Wildman–Crippen MR) is 52.7 cm³/mol. The Morgan fingerprint density at radius 3 is 2.21 bits per heavy atom. The molecule has 0 heterocycles. The summed E-state index contributed by atoms with van der Waals surface area (Å²) in [5.74, 6) is -0.704. The van der Waals surface area contributed by atoms with Gasteiger partial charge in [0.2, 0.25) is 5.91 Å². The summed E-state index contributed by atoms with van der Waals surface area (Å²) < 4.78 is 0. The van der Waals surface area contributed by atoms with Gasteiger partial charge in [0.25, 0.3) is 5.91 Å². The fraction of sp³-hybridized carbons (Fsp3) is 0.111. The van der Waals surface area contributed by atoms with Gasteiger partial charge in [-0.2, -0.15) is 0 Å². The molecule has 0 aromatic heterocycles. The van der Waals surface area contributed by atoms with E-state index in [-0.39, 0.29) is 11.8 Å². The van der Waals surface area contributed by atoms with E-state index < -0.39 is 0 Å². The molecule has 0 saturated carbocycles. The monoisotopic (exact) mass is 212 g/mol. The summed E-state index contributed by atoms with van der Waals surface area (Å²) in [6, 6.07) is 6.34. The number of hydrogen-bond donors (Lipinski definition) is 2. The lowest BCUT2D eigenvalue weighted by Gasteiger charge is -2.04. The zero-order valence-corrected chi connectivity index (χ0v) is 8.26. The lowest BCUT2D eigenvalue weighted by molar-refractivity contribution is -0.119. The van der Waals surface area contributed by atoms with Crippen LogP contribution in [0.15, 0.2) is 24.3 Å². The molecule has 0 atom stereocenters. The molecule has 1 aromatic rings. The highest BCUT2D eigenvalue weighted by molar-refractivity contribution is 6.30. The lowest BCUT2D eigenvalue weighted by atomic mass is 10.2. The van der Waals surface area contributed by atoms with Crippen LogP contribution < -0.4 is 10.9 Å². The molecular weight excluding hydrogens is 204 g/mol. The Morgan fingerprint density at radius 1 is 1.14 bits per heavy atom. The normalized spacial score (nSPS) is 9.29. The summed E-state index contributed by atoms with van der Waals surface area (Å²) >= 11 is 5.64. The maximum absolute atomic E-state index is 11.3. The zero-order chi connectivity index (χ0) is 10.6. The summed E-state index contributed by atoms with van der Waals surface area (Å²) in [5.41, 5.74) is 4.86. The Kier molecular flexibility index (Phi) is 3.48. The van der Waals surface area contributed by atoms with Crippen molar-refractivity contribution < 1.29 is 9.59 Å². The molecule has 0 bridgehead atoms. The van der Waals surface area contributed by atoms with Gasteiger partial charge in [0.05, 0.1) is 0 Å². The minimum Gasteiger partial charge on any atom is -0.274 e. The highest BCUT2D eigenvalue weighted by Gasteiger charge is 2.04. The van der Waals surface area contributed by atoms with Gasteiger partial charge in [-0.1, -0.05) is 11.6 Å². The van der Waals surface area contributed by atoms with Crippen LogP contribution in [-0.2, 0) is 4.79 Å². The molecule has 0 spiro atoms. The number of hydrazine groups is 1. The zero-order valence-electron chi connectivity index (χ0n) is 7.50. The van der Waals surface area contributed by atoms with Gasteiger partial charge in [-0.3, -0.25) is 20.4 Å². The van der Waals surface area contributed by atoms with Crippen LogP contribution in [0.2, 0.25) is 5.02 Å². The minimum atomic E-state index is -0.378. The van der Waals surface area contributed by atoms with Gasteiger partial charge in [-0.15, -0.1) is 0 Å². The first-order valence-electron chi connectivity index (χ1n) is 3.92. The molecule has 0 aliphatic heterocycles. The first-order chi connectivity index (χ1) is 6.59. The highest BCUT2D eigenvalue weighted by atomic mass is 35.5. The van der Waals surface area contributed by atoms with Crippen LogP contribution in [0, 0.1) is 0 Å². The molecule has 74 valence electrons. The fourth-order valence-electron chi connectivity index (χ4n) is 0.818. The maximum Gasteiger partial charge on any atom is 0.269 e. The van der Waals surface area contributed by atoms with E-state index in [1.807, 2.05) is 0 Å². The molecular formula is C9H9ClN2O2. The van der Waals surface area contributed by atoms with E-state index in [1.54, 1.807) is 24.3 Å². The van der Waals surface area contributed by atoms with E-state index in [0.717, 1.165) is 0 Å². The summed E-state index contributed by atoms with van der Waals surface area (Å²) in [4.78, 5) is 21.8. The van der Waals surface area contributed by atoms with Crippen LogP contribution >= 0.6 is 11.6 Å². The summed E-state index contributed by atoms with van der Waals surface area (Å²) in [7, 11) is 0. The van der Waals surface area contributed by atoms with Crippen LogP contribution in [0.1, 0.15) is 17.3 Å². The third kappa shape index (κ3) is 3.06. The van der Waals surface area contributed by atoms with Crippen molar-refractivity contribution in [3.05, 3.63) is 34.9 Å². The Balaban J connectivity index is 2.61. The molecule has 0 fully saturated rings. The summed E-state index contributed by atoms with van der Waals surface area (Å²) in [6.45, 7) is 1.31. The van der Waals surface area contributed by atoms with E-state index >= 15 is 0 Å². The maximum atomic E-state index is 11.3. The van der Waals surface area contributed by atoms with Gasteiger partial charge in [0.1, 0.15) is 0 Å². The third-order valence-corrected chi connectivity index (χ3v) is 1.71. The molecule has 1 rings (SSSR count). The molecule has 4 nitrogen and oxygen atoms in total. The molecule has 14 heavy (non-hydrogen) atoms. The number of benzene rings is 1. The first-order valence-corrected chi connectivity index (χ1v) is 4.30. The lowest BCUT2D eigenvalue weighted by Crippen LogP contribution is -2.40. The SMILES string of the molecule is CC(=O)NNC(=O)c1ccc(Cl)cc1. The summed E-state index contributed by atoms with van der Waals surface area (Å²) in [5, 5.41) is 0.557. The first kappa shape index (κ1) is 10.5. The molecule has 1 aromatic carbocycles. The smallest absolute Gasteiger partial charge is 0.269 e. The topological polar surface area (TPSA) is 58.2 Å². The second-order valence-electron chi connectivity index (χ2n) is 2.64. The number of nitrogens with one attached hydrogen (secondary N) is 2. The van der Waals surface area contributed by atoms with Gasteiger partial charge in [-0.05, 0) is 24.3 Å². The number of carbonyl (C=O) groups excluding carboxylic acids is 2. The van der Waals surface area contributed by atoms with Crippen LogP contribution in [-0.4, -0.2) is 11.8 Å². The quantitative estimate of drug-likeness (QED) is 0.686. The number of carbonyl (C=O) groups is 2. The van der Waals surface area contributed by atoms with Gasteiger partial charge < -0.3 is 0 Å². The van der Waals surface area contributed by atoms with E-state index in [9.17, 15) is 9.59 Å². The minimum absolute atomic E-state index is 0.327. The van der Waals surface area contributed by atoms with Gasteiger partial charge in [-0.25, -0.2) is 0 Å². The molecule has 0 aliphatic rings. The van der Waals surface area contributed by atoms with Crippen molar-refractivity contribution in [3.8, 4) is 0 Å². The fourth-order valence-corrected chi connectivity index (χ4v) is 0.944. The Bertz CT molecular complexity index is 348. The van der Waals surface area contributed by atoms with Crippen molar-refractivity contribution in [3.63, 3.8) is 0 Å². The number of hydrogen-bond acceptors (Lipinski definition) is 2. The van der Waals surface area contributed by atoms with Crippen molar-refractivity contribution >= 4 is 23.4 Å². The van der Waals surface area contributed by atoms with Crippen molar-refractivity contribution in [2.75, 3.05) is 0 Å². The second kappa shape index (κ2) is 4.62. The molecule has 0 radical (unpaired) electrons. The van der Waals surface area contributed by atoms with Gasteiger partial charge in [0, 0.05) is 17.5 Å². The standard InChI is InChI=1S/C9H9ClN2O2/c1-6(13)11-12-9(14)7-2-4-8(10)5-3-7/h2-5H,1H3,(H,11,13)(H,12,14). The van der Waals surface area contributed by atoms with Crippen molar-refractivity contribution in [1.29, 1.82) is 0 Å². The highest BCUT2D eigenvalue weighted by Crippen LogP contribution is 2.08. The molecule has 0 saturated heterocycles.